The lowest BCUT2D eigenvalue weighted by Crippen LogP contribution is -2.14. The van der Waals surface area contributed by atoms with Crippen LogP contribution in [0.1, 0.15) is 23.2 Å². The molecule has 0 aliphatic heterocycles. The third-order valence-corrected chi connectivity index (χ3v) is 2.33. The van der Waals surface area contributed by atoms with Gasteiger partial charge in [0, 0.05) is 12.0 Å². The third-order valence-electron chi connectivity index (χ3n) is 2.33. The van der Waals surface area contributed by atoms with Gasteiger partial charge in [-0.3, -0.25) is 4.79 Å². The Morgan fingerprint density at radius 1 is 1.31 bits per heavy atom. The maximum Gasteiger partial charge on any atom is 0.187 e. The summed E-state index contributed by atoms with van der Waals surface area (Å²) in [5.74, 6) is 0.151. The van der Waals surface area contributed by atoms with Crippen LogP contribution >= 0.6 is 0 Å². The fraction of sp³-hybridized carbons (Fsp3) is 0.385. The van der Waals surface area contributed by atoms with Crippen molar-refractivity contribution in [3.8, 4) is 0 Å². The van der Waals surface area contributed by atoms with Gasteiger partial charge in [-0.15, -0.1) is 0 Å². The molecule has 1 aromatic carbocycles. The number of nitrogens with zero attached hydrogens (tertiary/aromatic N) is 2. The smallest absolute Gasteiger partial charge is 0.187 e. The van der Waals surface area contributed by atoms with Gasteiger partial charge in [-0.1, -0.05) is 24.3 Å². The molecule has 3 nitrogen and oxygen atoms in total. The molecule has 0 N–H and O–H groups in total. The zero-order chi connectivity index (χ0) is 12.0. The first-order valence-electron chi connectivity index (χ1n) is 5.29. The lowest BCUT2D eigenvalue weighted by atomic mass is 10.1. The van der Waals surface area contributed by atoms with Crippen molar-refractivity contribution in [2.45, 2.75) is 12.8 Å². The highest BCUT2D eigenvalue weighted by atomic mass is 16.1. The Morgan fingerprint density at radius 2 is 1.94 bits per heavy atom. The average molecular weight is 216 g/mol. The van der Waals surface area contributed by atoms with Gasteiger partial charge < -0.3 is 4.90 Å². The molecular weight excluding hydrogens is 200 g/mol. The van der Waals surface area contributed by atoms with Crippen LogP contribution in [0.2, 0.25) is 0 Å². The van der Waals surface area contributed by atoms with Gasteiger partial charge in [0.1, 0.15) is 0 Å². The van der Waals surface area contributed by atoms with Gasteiger partial charge in [-0.05, 0) is 27.1 Å². The summed E-state index contributed by atoms with van der Waals surface area (Å²) in [4.78, 5) is 17.1. The Morgan fingerprint density at radius 3 is 2.44 bits per heavy atom. The van der Waals surface area contributed by atoms with Crippen molar-refractivity contribution in [2.75, 3.05) is 20.6 Å². The van der Waals surface area contributed by atoms with Crippen LogP contribution in [0.25, 0.3) is 4.85 Å². The molecule has 0 bridgehead atoms. The zero-order valence-electron chi connectivity index (χ0n) is 9.73. The van der Waals surface area contributed by atoms with E-state index in [1.807, 2.05) is 14.1 Å². The van der Waals surface area contributed by atoms with Crippen molar-refractivity contribution in [3.63, 3.8) is 0 Å². The molecule has 0 aliphatic rings. The molecule has 84 valence electrons. The maximum atomic E-state index is 11.7. The number of carbonyl (C=O) groups excluding carboxylic acids is 1. The Kier molecular flexibility index (Phi) is 4.68. The predicted molar refractivity (Wildman–Crippen MR) is 64.8 cm³/mol. The molecule has 0 amide bonds. The van der Waals surface area contributed by atoms with Crippen LogP contribution in [0.4, 0.5) is 5.69 Å². The van der Waals surface area contributed by atoms with Crippen molar-refractivity contribution in [1.29, 1.82) is 0 Å². The quantitative estimate of drug-likeness (QED) is 0.558. The van der Waals surface area contributed by atoms with Gasteiger partial charge in [-0.2, -0.15) is 0 Å². The lowest BCUT2D eigenvalue weighted by molar-refractivity contribution is 0.0977. The highest BCUT2D eigenvalue weighted by molar-refractivity contribution is 5.96. The third kappa shape index (κ3) is 3.84. The van der Waals surface area contributed by atoms with Crippen molar-refractivity contribution >= 4 is 11.5 Å². The van der Waals surface area contributed by atoms with Gasteiger partial charge in [0.15, 0.2) is 11.5 Å². The Labute approximate surface area is 96.5 Å². The summed E-state index contributed by atoms with van der Waals surface area (Å²) in [5, 5.41) is 0. The molecule has 16 heavy (non-hydrogen) atoms. The number of ketones is 1. The molecule has 0 aliphatic carbocycles. The highest BCUT2D eigenvalue weighted by Crippen LogP contribution is 2.14. The van der Waals surface area contributed by atoms with E-state index in [9.17, 15) is 4.79 Å². The first kappa shape index (κ1) is 12.4. The molecular formula is C13H16N2O. The van der Waals surface area contributed by atoms with Crippen LogP contribution in [0, 0.1) is 6.57 Å². The van der Waals surface area contributed by atoms with Gasteiger partial charge >= 0.3 is 0 Å². The molecule has 1 rings (SSSR count). The van der Waals surface area contributed by atoms with Gasteiger partial charge in [0.2, 0.25) is 0 Å². The number of benzene rings is 1. The molecule has 0 heterocycles. The lowest BCUT2D eigenvalue weighted by Gasteiger charge is -2.08. The van der Waals surface area contributed by atoms with Gasteiger partial charge in [0.05, 0.1) is 6.57 Å². The second-order valence-corrected chi connectivity index (χ2v) is 3.99. The monoisotopic (exact) mass is 216 g/mol. The largest absolute Gasteiger partial charge is 0.309 e. The predicted octanol–water partition coefficient (Wildman–Crippen LogP) is 2.76. The number of Topliss-reactive ketones (excluding diaryl/α,β-unsaturated/α-hetero) is 1. The minimum Gasteiger partial charge on any atom is -0.309 e. The second kappa shape index (κ2) is 6.04. The van der Waals surface area contributed by atoms with Crippen LogP contribution in [0.5, 0.6) is 0 Å². The van der Waals surface area contributed by atoms with Crippen molar-refractivity contribution < 1.29 is 4.79 Å². The molecule has 0 radical (unpaired) electrons. The van der Waals surface area contributed by atoms with Crippen LogP contribution in [-0.2, 0) is 0 Å². The number of carbonyl (C=O) groups is 1. The van der Waals surface area contributed by atoms with E-state index < -0.39 is 0 Å². The molecule has 0 saturated heterocycles. The Balaban J connectivity index is 2.50. The summed E-state index contributed by atoms with van der Waals surface area (Å²) < 4.78 is 0. The van der Waals surface area contributed by atoms with Gasteiger partial charge in [0.25, 0.3) is 0 Å². The number of hydrogen-bond donors (Lipinski definition) is 0. The molecule has 0 spiro atoms. The fourth-order valence-corrected chi connectivity index (χ4v) is 1.42. The maximum absolute atomic E-state index is 11.7. The van der Waals surface area contributed by atoms with Gasteiger partial charge in [-0.25, -0.2) is 4.85 Å². The molecule has 1 aromatic rings. The molecule has 0 saturated carbocycles. The van der Waals surface area contributed by atoms with E-state index in [4.69, 9.17) is 6.57 Å². The Hall–Kier alpha value is -1.66. The summed E-state index contributed by atoms with van der Waals surface area (Å²) in [6.07, 6.45) is 1.44. The standard InChI is InChI=1S/C13H16N2O/c1-14-12-8-6-11(7-9-12)13(16)5-4-10-15(2)3/h6-9H,4-5,10H2,2-3H3. The fourth-order valence-electron chi connectivity index (χ4n) is 1.42. The molecule has 0 fully saturated rings. The van der Waals surface area contributed by atoms with E-state index in [0.717, 1.165) is 13.0 Å². The first-order valence-corrected chi connectivity index (χ1v) is 5.29. The minimum atomic E-state index is 0.151. The summed E-state index contributed by atoms with van der Waals surface area (Å²) in [5.41, 5.74) is 1.27. The van der Waals surface area contributed by atoms with E-state index >= 15 is 0 Å². The summed E-state index contributed by atoms with van der Waals surface area (Å²) in [6.45, 7) is 7.74. The van der Waals surface area contributed by atoms with Crippen LogP contribution in [-0.4, -0.2) is 31.3 Å². The van der Waals surface area contributed by atoms with Crippen LogP contribution in [0.3, 0.4) is 0 Å². The van der Waals surface area contributed by atoms with Crippen LogP contribution in [0.15, 0.2) is 24.3 Å². The van der Waals surface area contributed by atoms with E-state index in [2.05, 4.69) is 9.74 Å². The van der Waals surface area contributed by atoms with Crippen molar-refractivity contribution in [3.05, 3.63) is 41.2 Å². The van der Waals surface area contributed by atoms with Crippen molar-refractivity contribution in [1.82, 2.24) is 4.90 Å². The van der Waals surface area contributed by atoms with E-state index in [1.165, 1.54) is 0 Å². The zero-order valence-corrected chi connectivity index (χ0v) is 9.73. The first-order chi connectivity index (χ1) is 7.63. The summed E-state index contributed by atoms with van der Waals surface area (Å²) in [7, 11) is 3.99. The number of hydrogen-bond acceptors (Lipinski definition) is 2. The normalized spacial score (nSPS) is 10.1. The van der Waals surface area contributed by atoms with E-state index in [-0.39, 0.29) is 5.78 Å². The topological polar surface area (TPSA) is 24.7 Å². The highest BCUT2D eigenvalue weighted by Gasteiger charge is 2.05. The Bertz CT molecular complexity index is 387. The van der Waals surface area contributed by atoms with E-state index in [1.54, 1.807) is 24.3 Å². The molecule has 0 atom stereocenters. The van der Waals surface area contributed by atoms with E-state index in [0.29, 0.717) is 17.7 Å². The SMILES string of the molecule is [C-]#[N+]c1ccc(C(=O)CCCN(C)C)cc1. The summed E-state index contributed by atoms with van der Waals surface area (Å²) >= 11 is 0. The molecule has 0 unspecified atom stereocenters. The average Bonchev–Trinajstić information content (AvgIpc) is 2.28. The number of rotatable bonds is 5. The second-order valence-electron chi connectivity index (χ2n) is 3.99. The summed E-state index contributed by atoms with van der Waals surface area (Å²) in [6, 6.07) is 6.83. The molecule has 3 heteroatoms. The van der Waals surface area contributed by atoms with Crippen molar-refractivity contribution in [2.24, 2.45) is 0 Å². The van der Waals surface area contributed by atoms with Crippen LogP contribution < -0.4 is 0 Å². The molecule has 0 aromatic heterocycles. The minimum absolute atomic E-state index is 0.151.